The number of nitrogens with one attached hydrogen (secondary N) is 16. The maximum atomic E-state index is 15.2. The highest BCUT2D eigenvalue weighted by Crippen LogP contribution is 2.22. The number of aliphatic hydroxyl groups is 1. The van der Waals surface area contributed by atoms with E-state index in [0.29, 0.717) is 16.5 Å². The number of aliphatic carboxylic acids is 5. The second-order valence-electron chi connectivity index (χ2n) is 31.4. The lowest BCUT2D eigenvalue weighted by Crippen LogP contribution is -2.62. The molecule has 0 aliphatic rings. The molecule has 4 rings (SSSR count). The number of carbonyl (C=O) groups excluding carboxylic acids is 17. The number of aromatic nitrogens is 1. The highest BCUT2D eigenvalue weighted by atomic mass is 32.2. The molecule has 26 N–H and O–H groups in total. The van der Waals surface area contributed by atoms with E-state index in [0.717, 1.165) is 13.8 Å². The molecular weight excluding hydrogens is 1760 g/mol. The Hall–Kier alpha value is -14.3. The van der Waals surface area contributed by atoms with Crippen LogP contribution < -0.4 is 85.5 Å². The summed E-state index contributed by atoms with van der Waals surface area (Å²) in [6, 6.07) is -9.99. The van der Waals surface area contributed by atoms with Crippen LogP contribution in [-0.4, -0.2) is 286 Å². The van der Waals surface area contributed by atoms with E-state index < -0.39 is 310 Å². The Morgan fingerprint density at radius 3 is 1.20 bits per heavy atom. The molecule has 0 fully saturated rings. The van der Waals surface area contributed by atoms with Crippen LogP contribution in [0.4, 0.5) is 0 Å². The van der Waals surface area contributed by atoms with Crippen LogP contribution in [0.3, 0.4) is 0 Å². The van der Waals surface area contributed by atoms with Crippen molar-refractivity contribution in [3.8, 4) is 11.5 Å². The molecular formula is C84H114N17O30S. The van der Waals surface area contributed by atoms with Crippen LogP contribution in [0.15, 0.2) is 79.0 Å². The molecule has 0 aliphatic carbocycles. The molecule has 4 aromatic rings. The third-order valence-corrected chi connectivity index (χ3v) is 20.9. The van der Waals surface area contributed by atoms with Crippen molar-refractivity contribution in [1.29, 1.82) is 0 Å². The number of primary amides is 1. The summed E-state index contributed by atoms with van der Waals surface area (Å²) in [6.07, 6.45) is -4.65. The average Bonchev–Trinajstić information content (AvgIpc) is 1.67. The second kappa shape index (κ2) is 54.9. The number of benzene rings is 3. The van der Waals surface area contributed by atoms with Gasteiger partial charge >= 0.3 is 29.8 Å². The number of carboxylic acid groups (broad SMARTS) is 5. The van der Waals surface area contributed by atoms with Gasteiger partial charge in [-0.25, -0.2) is 0 Å². The monoisotopic (exact) mass is 1870 g/mol. The van der Waals surface area contributed by atoms with Crippen molar-refractivity contribution in [2.24, 2.45) is 17.6 Å². The summed E-state index contributed by atoms with van der Waals surface area (Å²) < 4.78 is 0. The van der Waals surface area contributed by atoms with E-state index in [1.54, 1.807) is 51.3 Å². The minimum atomic E-state index is -2.25. The van der Waals surface area contributed by atoms with Crippen molar-refractivity contribution in [1.82, 2.24) is 84.7 Å². The summed E-state index contributed by atoms with van der Waals surface area (Å²) in [5.74, 6) is -28.1. The van der Waals surface area contributed by atoms with Crippen LogP contribution >= 0.6 is 11.8 Å². The van der Waals surface area contributed by atoms with Gasteiger partial charge in [0, 0.05) is 62.5 Å². The number of aliphatic hydroxyl groups excluding tert-OH is 1. The van der Waals surface area contributed by atoms with Gasteiger partial charge in [-0.2, -0.15) is 11.8 Å². The zero-order chi connectivity index (χ0) is 98.9. The number of phenolic OH excluding ortho intramolecular Hbond substituents is 2. The Bertz CT molecular complexity index is 4780. The van der Waals surface area contributed by atoms with Crippen molar-refractivity contribution in [2.45, 2.75) is 235 Å². The molecule has 0 saturated heterocycles. The van der Waals surface area contributed by atoms with Crippen LogP contribution in [0, 0.1) is 11.8 Å². The molecule has 48 heteroatoms. The number of aromatic hydroxyl groups is 2. The summed E-state index contributed by atoms with van der Waals surface area (Å²) in [5, 5.41) is 115. The largest absolute Gasteiger partial charge is 0.508 e. The number of carboxylic acids is 5. The molecule has 0 saturated carbocycles. The highest BCUT2D eigenvalue weighted by Gasteiger charge is 2.41. The Labute approximate surface area is 759 Å². The number of phenols is 2. The number of thioether (sulfide) groups is 1. The third kappa shape index (κ3) is 38.5. The fourth-order valence-electron chi connectivity index (χ4n) is 13.0. The normalized spacial score (nSPS) is 14.7. The SMILES string of the molecule is CC[C@H](C)[C@H](NC(=O)[C@H](CCC(=O)O)NC(=O)[C@H](CC(=O)O)NC(=O)[C@H](Cc1ccc(O)cc1)NC(=O)[C@H](Cc1ccc(O)cc1)NC(=O)[C@H](Cc1c[nH]c2ccccc12)NC(=O)[C@H](CC(=O)O)NC(=O)[C@H](CCC(N)=O)NC(=O)[C@H](C)NC(C)=O)C(=O)N[C@@H](CC(C)C)C(=O)N[C@@H](CO)C(=O)N[C@@H](CCSC)C(=O)N[C@@H](C)C(=O)N[C@@H](CC(=O)O)C(=O)N[C@H]([C]=O)CCC(=O)O. The molecule has 0 aliphatic heterocycles. The molecule has 47 nitrogen and oxygen atoms in total. The van der Waals surface area contributed by atoms with E-state index in [1.807, 2.05) is 0 Å². The number of carbonyl (C=O) groups is 21. The highest BCUT2D eigenvalue weighted by molar-refractivity contribution is 7.98. The van der Waals surface area contributed by atoms with Gasteiger partial charge in [0.05, 0.1) is 31.9 Å². The first-order valence-electron chi connectivity index (χ1n) is 41.6. The molecule has 721 valence electrons. The summed E-state index contributed by atoms with van der Waals surface area (Å²) in [7, 11) is 0. The topological polar surface area (TPSA) is 760 Å². The van der Waals surface area contributed by atoms with Crippen molar-refractivity contribution >= 4 is 153 Å². The Morgan fingerprint density at radius 2 is 0.765 bits per heavy atom. The van der Waals surface area contributed by atoms with E-state index in [4.69, 9.17) is 10.8 Å². The molecule has 1 heterocycles. The lowest BCUT2D eigenvalue weighted by Gasteiger charge is -2.30. The van der Waals surface area contributed by atoms with E-state index in [2.05, 4.69) is 84.7 Å². The quantitative estimate of drug-likeness (QED) is 0.0197. The number of hydrogen-bond acceptors (Lipinski definition) is 26. The smallest absolute Gasteiger partial charge is 0.305 e. The van der Waals surface area contributed by atoms with Gasteiger partial charge in [-0.3, -0.25) is 105 Å². The predicted octanol–water partition coefficient (Wildman–Crippen LogP) is -4.69. The first-order chi connectivity index (χ1) is 62.1. The first-order valence-corrected chi connectivity index (χ1v) is 43.0. The Kier molecular flexibility index (Phi) is 45.7. The van der Waals surface area contributed by atoms with E-state index in [9.17, 15) is 127 Å². The maximum absolute atomic E-state index is 15.2. The van der Waals surface area contributed by atoms with Crippen LogP contribution in [0.25, 0.3) is 10.9 Å². The van der Waals surface area contributed by atoms with Crippen molar-refractivity contribution in [3.63, 3.8) is 0 Å². The molecule has 0 bridgehead atoms. The molecule has 16 amide bonds. The minimum absolute atomic E-state index is 0.0795. The fraction of sp³-hybridized carbons (Fsp3) is 0.500. The zero-order valence-electron chi connectivity index (χ0n) is 73.4. The van der Waals surface area contributed by atoms with Crippen molar-refractivity contribution in [3.05, 3.63) is 95.7 Å². The van der Waals surface area contributed by atoms with Gasteiger partial charge in [-0.15, -0.1) is 0 Å². The molecule has 1 radical (unpaired) electrons. The molecule has 0 unspecified atom stereocenters. The first kappa shape index (κ1) is 110. The van der Waals surface area contributed by atoms with Gasteiger partial charge in [0.25, 0.3) is 0 Å². The summed E-state index contributed by atoms with van der Waals surface area (Å²) in [5.41, 5.74) is 6.58. The average molecular weight is 1870 g/mol. The van der Waals surface area contributed by atoms with E-state index in [-0.39, 0.29) is 47.6 Å². The minimum Gasteiger partial charge on any atom is -0.508 e. The number of aromatic amines is 1. The van der Waals surface area contributed by atoms with Crippen molar-refractivity contribution < 1.29 is 146 Å². The number of hydrogen-bond donors (Lipinski definition) is 25. The lowest BCUT2D eigenvalue weighted by atomic mass is 9.96. The third-order valence-electron chi connectivity index (χ3n) is 20.2. The van der Waals surface area contributed by atoms with Crippen molar-refractivity contribution in [2.75, 3.05) is 18.6 Å². The fourth-order valence-corrected chi connectivity index (χ4v) is 13.4. The van der Waals surface area contributed by atoms with Gasteiger partial charge < -0.3 is 131 Å². The maximum Gasteiger partial charge on any atom is 0.305 e. The molecule has 1 aromatic heterocycles. The van der Waals surface area contributed by atoms with Crippen LogP contribution in [0.1, 0.15) is 142 Å². The van der Waals surface area contributed by atoms with Gasteiger partial charge in [0.15, 0.2) is 0 Å². The number of fused-ring (bicyclic) bond motifs is 1. The van der Waals surface area contributed by atoms with Gasteiger partial charge in [-0.1, -0.05) is 76.6 Å². The van der Waals surface area contributed by atoms with E-state index >= 15 is 14.4 Å². The number of rotatable bonds is 59. The number of para-hydroxylation sites is 1. The van der Waals surface area contributed by atoms with E-state index in [1.165, 1.54) is 86.6 Å². The number of amides is 16. The Morgan fingerprint density at radius 1 is 0.402 bits per heavy atom. The van der Waals surface area contributed by atoms with Crippen LogP contribution in [0.2, 0.25) is 0 Å². The molecule has 0 spiro atoms. The lowest BCUT2D eigenvalue weighted by molar-refractivity contribution is -0.142. The van der Waals surface area contributed by atoms with Gasteiger partial charge in [0.2, 0.25) is 101 Å². The summed E-state index contributed by atoms with van der Waals surface area (Å²) >= 11 is 1.21. The number of nitrogens with two attached hydrogens (primary N) is 1. The predicted molar refractivity (Wildman–Crippen MR) is 465 cm³/mol. The Balaban J connectivity index is 1.69. The standard InChI is InChI=1S/C84H114N17O30S/c1-9-41(4)70(84(131)99-56(30-40(2)3)77(124)100-63(39-103)83(130)92-55(28-29-132-8)73(120)88-43(6)72(119)93-60(34-67(112)113)76(123)89-48(38-102)18-26-65(108)109)101-75(122)54(24-27-66(110)111)91-81(128)61(35-68(114)115)98-79(126)58(32-46-16-21-50(106)22-17-46)94-78(125)57(31-45-14-19-49(105)20-15-45)95-80(127)59(33-47-37-86-52-13-11-10-12-51(47)52)96-82(129)62(36-69(116)117)97-74(121)53(23-25-64(85)107)90-71(118)42(5)87-44(7)104/h10-17,19-22,37,40-43,48,53-63,70,86,103,105-106H,9,18,23-36,39H2,1-8H3,(H2,85,107)(H,87,104)(H,88,120)(H,89,123)(H,90,118)(H,91,128)(H,92,130)(H,93,119)(H,94,125)(H,95,127)(H,96,129)(H,97,121)(H,98,126)(H,99,131)(H,100,124)(H,101,122)(H,108,109)(H,110,111)(H,112,113)(H,114,115)(H,116,117)/t41-,42-,43-,48-,53-,54-,55-,56-,57-,58-,59-,60-,61-,62-,63-,70-/m0/s1. The molecule has 16 atom stereocenters. The molecule has 3 aromatic carbocycles. The van der Waals surface area contributed by atoms with Crippen LogP contribution in [0.5, 0.6) is 11.5 Å². The summed E-state index contributed by atoms with van der Waals surface area (Å²) in [6.45, 7) is 8.63. The van der Waals surface area contributed by atoms with Gasteiger partial charge in [-0.05, 0) is 117 Å². The molecule has 132 heavy (non-hydrogen) atoms. The summed E-state index contributed by atoms with van der Waals surface area (Å²) in [4.78, 5) is 298. The zero-order valence-corrected chi connectivity index (χ0v) is 74.2. The van der Waals surface area contributed by atoms with Crippen LogP contribution in [-0.2, 0) is 125 Å². The number of H-pyrrole nitrogens is 1. The van der Waals surface area contributed by atoms with Gasteiger partial charge in [0.1, 0.15) is 96.1 Å². The second-order valence-corrected chi connectivity index (χ2v) is 32.4.